The number of anilines is 1. The van der Waals surface area contributed by atoms with Crippen molar-refractivity contribution in [1.82, 2.24) is 24.5 Å². The van der Waals surface area contributed by atoms with Gasteiger partial charge < -0.3 is 10.1 Å². The van der Waals surface area contributed by atoms with E-state index < -0.39 is 10.8 Å². The molecule has 1 aromatic carbocycles. The summed E-state index contributed by atoms with van der Waals surface area (Å²) < 4.78 is 2.72. The summed E-state index contributed by atoms with van der Waals surface area (Å²) in [6, 6.07) is 8.53. The minimum atomic E-state index is -0.631. The van der Waals surface area contributed by atoms with E-state index in [0.717, 1.165) is 10.2 Å². The fraction of sp³-hybridized carbons (Fsp3) is 0.143. The molecule has 2 heterocycles. The number of hydrogen-bond acceptors (Lipinski definition) is 6. The van der Waals surface area contributed by atoms with Gasteiger partial charge in [0.25, 0.3) is 5.91 Å². The Kier molecular flexibility index (Phi) is 4.70. The molecule has 0 fully saturated rings. The zero-order chi connectivity index (χ0) is 17.8. The van der Waals surface area contributed by atoms with Crippen LogP contribution >= 0.6 is 11.6 Å². The molecule has 0 radical (unpaired) electrons. The maximum atomic E-state index is 11.9. The second-order valence-electron chi connectivity index (χ2n) is 5.07. The zero-order valence-electron chi connectivity index (χ0n) is 12.7. The molecular weight excluding hydrogens is 350 g/mol. The molecule has 3 rings (SSSR count). The summed E-state index contributed by atoms with van der Waals surface area (Å²) in [5.41, 5.74) is 0.944. The van der Waals surface area contributed by atoms with Crippen molar-refractivity contribution < 1.29 is 9.72 Å². The number of amides is 1. The first-order valence-corrected chi connectivity index (χ1v) is 7.49. The van der Waals surface area contributed by atoms with E-state index in [1.165, 1.54) is 18.6 Å². The van der Waals surface area contributed by atoms with Gasteiger partial charge in [-0.3, -0.25) is 10.1 Å². The second kappa shape index (κ2) is 7.09. The molecule has 3 aromatic rings. The van der Waals surface area contributed by atoms with Gasteiger partial charge in [0.05, 0.1) is 23.9 Å². The third-order valence-corrected chi connectivity index (χ3v) is 3.38. The van der Waals surface area contributed by atoms with Crippen molar-refractivity contribution in [2.24, 2.45) is 0 Å². The van der Waals surface area contributed by atoms with E-state index in [9.17, 15) is 14.9 Å². The van der Waals surface area contributed by atoms with E-state index in [4.69, 9.17) is 11.6 Å². The number of carbonyl (C=O) groups excluding carboxylic acids is 1. The van der Waals surface area contributed by atoms with Crippen LogP contribution in [0.2, 0.25) is 5.02 Å². The molecule has 2 aromatic heterocycles. The number of rotatable bonds is 6. The van der Waals surface area contributed by atoms with Gasteiger partial charge in [-0.2, -0.15) is 4.68 Å². The Hall–Kier alpha value is -3.27. The summed E-state index contributed by atoms with van der Waals surface area (Å²) in [6.45, 7) is 0.269. The summed E-state index contributed by atoms with van der Waals surface area (Å²) in [5.74, 6) is -0.635. The van der Waals surface area contributed by atoms with Crippen LogP contribution in [-0.2, 0) is 17.9 Å². The first-order chi connectivity index (χ1) is 12.0. The lowest BCUT2D eigenvalue weighted by Crippen LogP contribution is -2.20. The average Bonchev–Trinajstić information content (AvgIpc) is 3.17. The number of carbonyl (C=O) groups is 1. The van der Waals surface area contributed by atoms with Gasteiger partial charge in [0, 0.05) is 5.02 Å². The van der Waals surface area contributed by atoms with Crippen molar-refractivity contribution in [3.05, 3.63) is 63.6 Å². The standard InChI is InChI=1S/C14H12ClN7O3/c15-11-3-1-2-10(6-11)7-21-9-16-14(19-21)17-13(23)8-20-5-4-12(18-20)22(24)25/h1-6,9H,7-8H2,(H,17,19,23). The Morgan fingerprint density at radius 3 is 2.84 bits per heavy atom. The molecule has 0 aliphatic heterocycles. The van der Waals surface area contributed by atoms with Crippen LogP contribution in [-0.4, -0.2) is 35.4 Å². The van der Waals surface area contributed by atoms with Crippen LogP contribution in [0.25, 0.3) is 0 Å². The molecular formula is C14H12ClN7O3. The van der Waals surface area contributed by atoms with Crippen LogP contribution in [0.4, 0.5) is 11.8 Å². The highest BCUT2D eigenvalue weighted by Gasteiger charge is 2.14. The highest BCUT2D eigenvalue weighted by molar-refractivity contribution is 6.30. The van der Waals surface area contributed by atoms with Gasteiger partial charge in [0.1, 0.15) is 12.9 Å². The van der Waals surface area contributed by atoms with Crippen molar-refractivity contribution in [1.29, 1.82) is 0 Å². The number of nitrogens with one attached hydrogen (secondary N) is 1. The van der Waals surface area contributed by atoms with Gasteiger partial charge >= 0.3 is 5.82 Å². The van der Waals surface area contributed by atoms with Gasteiger partial charge in [0.2, 0.25) is 5.95 Å². The predicted octanol–water partition coefficient (Wildman–Crippen LogP) is 1.72. The molecule has 0 unspecified atom stereocenters. The molecule has 0 spiro atoms. The summed E-state index contributed by atoms with van der Waals surface area (Å²) in [4.78, 5) is 25.9. The van der Waals surface area contributed by atoms with Crippen LogP contribution in [0, 0.1) is 10.1 Å². The summed E-state index contributed by atoms with van der Waals surface area (Å²) >= 11 is 5.93. The molecule has 1 N–H and O–H groups in total. The van der Waals surface area contributed by atoms with Crippen LogP contribution in [0.15, 0.2) is 42.9 Å². The molecule has 0 aliphatic rings. The fourth-order valence-corrected chi connectivity index (χ4v) is 2.31. The van der Waals surface area contributed by atoms with Crippen molar-refractivity contribution in [2.45, 2.75) is 13.1 Å². The quantitative estimate of drug-likeness (QED) is 0.527. The molecule has 10 nitrogen and oxygen atoms in total. The number of hydrogen-bond donors (Lipinski definition) is 1. The Morgan fingerprint density at radius 1 is 1.28 bits per heavy atom. The smallest absolute Gasteiger partial charge is 0.358 e. The fourth-order valence-electron chi connectivity index (χ4n) is 2.10. The maximum absolute atomic E-state index is 11.9. The lowest BCUT2D eigenvalue weighted by atomic mass is 10.2. The Morgan fingerprint density at radius 2 is 2.12 bits per heavy atom. The number of halogens is 1. The van der Waals surface area contributed by atoms with E-state index in [0.29, 0.717) is 11.6 Å². The van der Waals surface area contributed by atoms with Crippen molar-refractivity contribution in [3.8, 4) is 0 Å². The van der Waals surface area contributed by atoms with Gasteiger partial charge in [-0.05, 0) is 22.6 Å². The minimum absolute atomic E-state index is 0.133. The molecule has 128 valence electrons. The molecule has 11 heteroatoms. The number of benzene rings is 1. The summed E-state index contributed by atoms with van der Waals surface area (Å²) in [6.07, 6.45) is 2.83. The zero-order valence-corrected chi connectivity index (χ0v) is 13.5. The molecule has 1 amide bonds. The average molecular weight is 362 g/mol. The number of aromatic nitrogens is 5. The first-order valence-electron chi connectivity index (χ1n) is 7.11. The number of nitrogens with zero attached hydrogens (tertiary/aromatic N) is 6. The third-order valence-electron chi connectivity index (χ3n) is 3.14. The predicted molar refractivity (Wildman–Crippen MR) is 88.1 cm³/mol. The first kappa shape index (κ1) is 16.6. The normalized spacial score (nSPS) is 10.6. The van der Waals surface area contributed by atoms with Gasteiger partial charge in [-0.15, -0.1) is 5.10 Å². The largest absolute Gasteiger partial charge is 0.389 e. The Bertz CT molecular complexity index is 921. The second-order valence-corrected chi connectivity index (χ2v) is 5.51. The van der Waals surface area contributed by atoms with E-state index >= 15 is 0 Å². The molecule has 0 atom stereocenters. The monoisotopic (exact) mass is 361 g/mol. The lowest BCUT2D eigenvalue weighted by molar-refractivity contribution is -0.389. The highest BCUT2D eigenvalue weighted by Crippen LogP contribution is 2.12. The van der Waals surface area contributed by atoms with E-state index in [-0.39, 0.29) is 18.3 Å². The molecule has 25 heavy (non-hydrogen) atoms. The van der Waals surface area contributed by atoms with Gasteiger partial charge in [-0.1, -0.05) is 23.7 Å². The van der Waals surface area contributed by atoms with Crippen molar-refractivity contribution in [3.63, 3.8) is 0 Å². The Labute approximate surface area is 146 Å². The lowest BCUT2D eigenvalue weighted by Gasteiger charge is -2.01. The van der Waals surface area contributed by atoms with Crippen LogP contribution in [0.5, 0.6) is 0 Å². The highest BCUT2D eigenvalue weighted by atomic mass is 35.5. The molecule has 0 bridgehead atoms. The van der Waals surface area contributed by atoms with E-state index in [1.807, 2.05) is 18.2 Å². The Balaban J connectivity index is 1.58. The van der Waals surface area contributed by atoms with Crippen LogP contribution < -0.4 is 5.32 Å². The van der Waals surface area contributed by atoms with Crippen molar-refractivity contribution >= 4 is 29.3 Å². The number of nitro groups is 1. The van der Waals surface area contributed by atoms with E-state index in [2.05, 4.69) is 20.5 Å². The summed E-state index contributed by atoms with van der Waals surface area (Å²) in [7, 11) is 0. The van der Waals surface area contributed by atoms with E-state index in [1.54, 1.807) is 10.7 Å². The SMILES string of the molecule is O=C(Cn1ccc([N+](=O)[O-])n1)Nc1ncn(Cc2cccc(Cl)c2)n1. The van der Waals surface area contributed by atoms with Crippen LogP contribution in [0.3, 0.4) is 0 Å². The third kappa shape index (κ3) is 4.38. The van der Waals surface area contributed by atoms with Crippen LogP contribution in [0.1, 0.15) is 5.56 Å². The molecule has 0 saturated heterocycles. The van der Waals surface area contributed by atoms with Gasteiger partial charge in [0.15, 0.2) is 0 Å². The molecule has 0 saturated carbocycles. The van der Waals surface area contributed by atoms with Crippen molar-refractivity contribution in [2.75, 3.05) is 5.32 Å². The minimum Gasteiger partial charge on any atom is -0.358 e. The molecule has 0 aliphatic carbocycles. The maximum Gasteiger partial charge on any atom is 0.389 e. The van der Waals surface area contributed by atoms with Gasteiger partial charge in [-0.25, -0.2) is 9.67 Å². The topological polar surface area (TPSA) is 121 Å². The summed E-state index contributed by atoms with van der Waals surface area (Å²) in [5, 5.41) is 21.5.